The monoisotopic (exact) mass is 315 g/mol. The number of hydrogen-bond acceptors (Lipinski definition) is 2. The smallest absolute Gasteiger partial charge is 0.315 e. The van der Waals surface area contributed by atoms with Gasteiger partial charge in [0, 0.05) is 29.1 Å². The van der Waals surface area contributed by atoms with Crippen LogP contribution in [0.25, 0.3) is 0 Å². The lowest BCUT2D eigenvalue weighted by Gasteiger charge is -2.26. The average molecular weight is 315 g/mol. The molecule has 2 N–H and O–H groups in total. The SMILES string of the molecule is Cc1ccc(CNC(=O)NC2CCSc3ccccc32)n1C. The van der Waals surface area contributed by atoms with E-state index >= 15 is 0 Å². The van der Waals surface area contributed by atoms with E-state index in [0.29, 0.717) is 6.54 Å². The maximum Gasteiger partial charge on any atom is 0.315 e. The van der Waals surface area contributed by atoms with Crippen LogP contribution in [0.4, 0.5) is 4.79 Å². The largest absolute Gasteiger partial charge is 0.350 e. The molecular weight excluding hydrogens is 294 g/mol. The fourth-order valence-corrected chi connectivity index (χ4v) is 3.84. The van der Waals surface area contributed by atoms with E-state index in [2.05, 4.69) is 40.3 Å². The molecule has 1 aliphatic rings. The third-order valence-electron chi connectivity index (χ3n) is 4.17. The molecule has 2 aromatic rings. The zero-order chi connectivity index (χ0) is 15.5. The van der Waals surface area contributed by atoms with E-state index in [1.54, 1.807) is 0 Å². The predicted molar refractivity (Wildman–Crippen MR) is 90.0 cm³/mol. The fraction of sp³-hybridized carbons (Fsp3) is 0.353. The van der Waals surface area contributed by atoms with Crippen molar-refractivity contribution < 1.29 is 4.79 Å². The third-order valence-corrected chi connectivity index (χ3v) is 5.29. The standard InChI is InChI=1S/C17H21N3OS/c1-12-7-8-13(20(12)2)11-18-17(21)19-15-9-10-22-16-6-4-3-5-14(15)16/h3-8,15H,9-11H2,1-2H3,(H2,18,19,21). The highest BCUT2D eigenvalue weighted by Crippen LogP contribution is 2.35. The quantitative estimate of drug-likeness (QED) is 0.912. The molecule has 2 heterocycles. The van der Waals surface area contributed by atoms with E-state index in [0.717, 1.165) is 17.9 Å². The molecule has 2 amide bonds. The summed E-state index contributed by atoms with van der Waals surface area (Å²) in [4.78, 5) is 13.4. The molecular formula is C17H21N3OS. The highest BCUT2D eigenvalue weighted by molar-refractivity contribution is 7.99. The van der Waals surface area contributed by atoms with E-state index in [-0.39, 0.29) is 12.1 Å². The number of rotatable bonds is 3. The molecule has 0 aliphatic carbocycles. The molecule has 0 fully saturated rings. The molecule has 1 aromatic heterocycles. The van der Waals surface area contributed by atoms with Gasteiger partial charge in [0.2, 0.25) is 0 Å². The fourth-order valence-electron chi connectivity index (χ4n) is 2.72. The molecule has 0 saturated heterocycles. The van der Waals surface area contributed by atoms with Crippen LogP contribution in [-0.2, 0) is 13.6 Å². The van der Waals surface area contributed by atoms with Gasteiger partial charge in [0.05, 0.1) is 12.6 Å². The maximum absolute atomic E-state index is 12.2. The molecule has 22 heavy (non-hydrogen) atoms. The zero-order valence-electron chi connectivity index (χ0n) is 12.9. The van der Waals surface area contributed by atoms with Gasteiger partial charge < -0.3 is 15.2 Å². The second-order valence-corrected chi connectivity index (χ2v) is 6.72. The van der Waals surface area contributed by atoms with Crippen LogP contribution in [0.5, 0.6) is 0 Å². The number of nitrogens with one attached hydrogen (secondary N) is 2. The minimum absolute atomic E-state index is 0.104. The number of fused-ring (bicyclic) bond motifs is 1. The van der Waals surface area contributed by atoms with Gasteiger partial charge in [-0.2, -0.15) is 0 Å². The third kappa shape index (κ3) is 3.14. The molecule has 1 aliphatic heterocycles. The molecule has 116 valence electrons. The van der Waals surface area contributed by atoms with Crippen LogP contribution in [0.1, 0.15) is 29.4 Å². The van der Waals surface area contributed by atoms with Gasteiger partial charge in [-0.25, -0.2) is 4.79 Å². The first-order chi connectivity index (χ1) is 10.6. The van der Waals surface area contributed by atoms with Crippen LogP contribution in [0.3, 0.4) is 0 Å². The number of amides is 2. The Kier molecular flexibility index (Phi) is 4.43. The number of urea groups is 1. The zero-order valence-corrected chi connectivity index (χ0v) is 13.7. The van der Waals surface area contributed by atoms with Gasteiger partial charge in [-0.05, 0) is 37.1 Å². The van der Waals surface area contributed by atoms with Crippen LogP contribution >= 0.6 is 11.8 Å². The van der Waals surface area contributed by atoms with Gasteiger partial charge in [-0.3, -0.25) is 0 Å². The molecule has 1 aromatic carbocycles. The maximum atomic E-state index is 12.2. The molecule has 0 radical (unpaired) electrons. The Morgan fingerprint density at radius 3 is 2.91 bits per heavy atom. The number of aromatic nitrogens is 1. The van der Waals surface area contributed by atoms with Crippen molar-refractivity contribution in [2.24, 2.45) is 7.05 Å². The van der Waals surface area contributed by atoms with Crippen molar-refractivity contribution in [3.05, 3.63) is 53.3 Å². The first-order valence-electron chi connectivity index (χ1n) is 7.52. The highest BCUT2D eigenvalue weighted by Gasteiger charge is 2.21. The van der Waals surface area contributed by atoms with Crippen LogP contribution in [0, 0.1) is 6.92 Å². The number of benzene rings is 1. The van der Waals surface area contributed by atoms with Crippen molar-refractivity contribution in [3.8, 4) is 0 Å². The Bertz CT molecular complexity index is 680. The number of carbonyl (C=O) groups is 1. The van der Waals surface area contributed by atoms with Crippen molar-refractivity contribution in [3.63, 3.8) is 0 Å². The number of hydrogen-bond donors (Lipinski definition) is 2. The topological polar surface area (TPSA) is 46.1 Å². The van der Waals surface area contributed by atoms with Gasteiger partial charge in [0.25, 0.3) is 0 Å². The molecule has 4 nitrogen and oxygen atoms in total. The van der Waals surface area contributed by atoms with Crippen molar-refractivity contribution in [2.75, 3.05) is 5.75 Å². The number of carbonyl (C=O) groups excluding carboxylic acids is 1. The Labute approximate surface area is 135 Å². The molecule has 3 rings (SSSR count). The van der Waals surface area contributed by atoms with Crippen LogP contribution in [0.15, 0.2) is 41.3 Å². The Morgan fingerprint density at radius 1 is 1.32 bits per heavy atom. The molecule has 1 unspecified atom stereocenters. The van der Waals surface area contributed by atoms with Gasteiger partial charge in [0.15, 0.2) is 0 Å². The van der Waals surface area contributed by atoms with Crippen LogP contribution < -0.4 is 10.6 Å². The van der Waals surface area contributed by atoms with Crippen molar-refractivity contribution in [1.82, 2.24) is 15.2 Å². The Hall–Kier alpha value is -1.88. The number of nitrogens with zero attached hydrogens (tertiary/aromatic N) is 1. The van der Waals surface area contributed by atoms with E-state index < -0.39 is 0 Å². The first kappa shape index (κ1) is 15.0. The molecule has 0 saturated carbocycles. The number of aryl methyl sites for hydroxylation is 1. The average Bonchev–Trinajstić information content (AvgIpc) is 2.85. The summed E-state index contributed by atoms with van der Waals surface area (Å²) in [7, 11) is 2.01. The van der Waals surface area contributed by atoms with Gasteiger partial charge in [0.1, 0.15) is 0 Å². The number of thioether (sulfide) groups is 1. The minimum atomic E-state index is -0.106. The summed E-state index contributed by atoms with van der Waals surface area (Å²) in [6.07, 6.45) is 0.971. The Balaban J connectivity index is 1.60. The minimum Gasteiger partial charge on any atom is -0.350 e. The van der Waals surface area contributed by atoms with Crippen molar-refractivity contribution in [2.45, 2.75) is 30.8 Å². The van der Waals surface area contributed by atoms with Crippen LogP contribution in [-0.4, -0.2) is 16.4 Å². The lowest BCUT2D eigenvalue weighted by atomic mass is 10.0. The summed E-state index contributed by atoms with van der Waals surface area (Å²) in [5, 5.41) is 6.05. The first-order valence-corrected chi connectivity index (χ1v) is 8.51. The predicted octanol–water partition coefficient (Wildman–Crippen LogP) is 3.37. The summed E-state index contributed by atoms with van der Waals surface area (Å²) < 4.78 is 2.09. The second-order valence-electron chi connectivity index (χ2n) is 5.58. The normalized spacial score (nSPS) is 16.9. The summed E-state index contributed by atoms with van der Waals surface area (Å²) in [5.41, 5.74) is 3.52. The van der Waals surface area contributed by atoms with Crippen molar-refractivity contribution in [1.29, 1.82) is 0 Å². The summed E-state index contributed by atoms with van der Waals surface area (Å²) >= 11 is 1.86. The summed E-state index contributed by atoms with van der Waals surface area (Å²) in [5.74, 6) is 1.04. The van der Waals surface area contributed by atoms with E-state index in [4.69, 9.17) is 0 Å². The highest BCUT2D eigenvalue weighted by atomic mass is 32.2. The molecule has 0 spiro atoms. The lowest BCUT2D eigenvalue weighted by molar-refractivity contribution is 0.236. The molecule has 0 bridgehead atoms. The summed E-state index contributed by atoms with van der Waals surface area (Å²) in [6.45, 7) is 2.60. The van der Waals surface area contributed by atoms with Gasteiger partial charge >= 0.3 is 6.03 Å². The molecule has 5 heteroatoms. The van der Waals surface area contributed by atoms with E-state index in [1.807, 2.05) is 37.0 Å². The lowest BCUT2D eigenvalue weighted by Crippen LogP contribution is -2.38. The van der Waals surface area contributed by atoms with Gasteiger partial charge in [-0.15, -0.1) is 11.8 Å². The van der Waals surface area contributed by atoms with Crippen LogP contribution in [0.2, 0.25) is 0 Å². The Morgan fingerprint density at radius 2 is 2.14 bits per heavy atom. The van der Waals surface area contributed by atoms with E-state index in [1.165, 1.54) is 16.2 Å². The van der Waals surface area contributed by atoms with Gasteiger partial charge in [-0.1, -0.05) is 18.2 Å². The van der Waals surface area contributed by atoms with Crippen molar-refractivity contribution >= 4 is 17.8 Å². The van der Waals surface area contributed by atoms with E-state index in [9.17, 15) is 4.79 Å². The molecule has 1 atom stereocenters. The summed E-state index contributed by atoms with van der Waals surface area (Å²) in [6, 6.07) is 12.4. The second kappa shape index (κ2) is 6.48.